The van der Waals surface area contributed by atoms with E-state index in [0.717, 1.165) is 18.2 Å². The standard InChI is InChI=1S/C13H16F3N3O4.ClH/c1-8(17)4-5-18-12(20)10-6-9(23-7-13(14,15)16)2-3-11(10)19(21)22;/h2-3,6,8H,4-5,7,17H2,1H3,(H,18,20);1H. The van der Waals surface area contributed by atoms with Gasteiger partial charge in [0.05, 0.1) is 4.92 Å². The smallest absolute Gasteiger partial charge is 0.422 e. The van der Waals surface area contributed by atoms with Crippen LogP contribution in [0.1, 0.15) is 23.7 Å². The summed E-state index contributed by atoms with van der Waals surface area (Å²) < 4.78 is 40.9. The summed E-state index contributed by atoms with van der Waals surface area (Å²) in [6.45, 7) is 0.345. The Morgan fingerprint density at radius 3 is 2.58 bits per heavy atom. The van der Waals surface area contributed by atoms with Gasteiger partial charge in [0, 0.05) is 18.7 Å². The molecule has 136 valence electrons. The molecule has 0 aliphatic heterocycles. The second kappa shape index (κ2) is 9.28. The first-order valence-corrected chi connectivity index (χ1v) is 6.62. The summed E-state index contributed by atoms with van der Waals surface area (Å²) in [5.74, 6) is -1.07. The van der Waals surface area contributed by atoms with Crippen LogP contribution in [0.25, 0.3) is 0 Å². The fourth-order valence-electron chi connectivity index (χ4n) is 1.62. The normalized spacial score (nSPS) is 12.0. The van der Waals surface area contributed by atoms with Gasteiger partial charge in [-0.2, -0.15) is 13.2 Å². The Kier molecular flexibility index (Phi) is 8.48. The van der Waals surface area contributed by atoms with E-state index in [-0.39, 0.29) is 36.3 Å². The van der Waals surface area contributed by atoms with Gasteiger partial charge in [0.15, 0.2) is 6.61 Å². The van der Waals surface area contributed by atoms with Crippen LogP contribution in [0.4, 0.5) is 18.9 Å². The molecule has 1 aromatic rings. The summed E-state index contributed by atoms with van der Waals surface area (Å²) >= 11 is 0. The van der Waals surface area contributed by atoms with Gasteiger partial charge in [0.1, 0.15) is 11.3 Å². The number of alkyl halides is 3. The number of benzene rings is 1. The number of carbonyl (C=O) groups is 1. The van der Waals surface area contributed by atoms with Crippen LogP contribution in [-0.4, -0.2) is 36.2 Å². The van der Waals surface area contributed by atoms with Gasteiger partial charge < -0.3 is 15.8 Å². The van der Waals surface area contributed by atoms with Gasteiger partial charge in [-0.15, -0.1) is 12.4 Å². The number of nitrogens with zero attached hydrogens (tertiary/aromatic N) is 1. The molecule has 1 aromatic carbocycles. The lowest BCUT2D eigenvalue weighted by molar-refractivity contribution is -0.385. The quantitative estimate of drug-likeness (QED) is 0.565. The van der Waals surface area contributed by atoms with Crippen molar-refractivity contribution in [2.45, 2.75) is 25.6 Å². The van der Waals surface area contributed by atoms with Gasteiger partial charge in [0.2, 0.25) is 0 Å². The molecule has 0 bridgehead atoms. The van der Waals surface area contributed by atoms with Crippen molar-refractivity contribution in [1.29, 1.82) is 0 Å². The second-order valence-electron chi connectivity index (χ2n) is 4.86. The van der Waals surface area contributed by atoms with Crippen molar-refractivity contribution in [3.63, 3.8) is 0 Å². The fourth-order valence-corrected chi connectivity index (χ4v) is 1.62. The van der Waals surface area contributed by atoms with Crippen LogP contribution in [0, 0.1) is 10.1 Å². The third-order valence-corrected chi connectivity index (χ3v) is 2.70. The number of amides is 1. The Bertz CT molecular complexity index is 582. The third kappa shape index (κ3) is 7.47. The van der Waals surface area contributed by atoms with Crippen molar-refractivity contribution in [3.05, 3.63) is 33.9 Å². The summed E-state index contributed by atoms with van der Waals surface area (Å²) in [6.07, 6.45) is -4.11. The minimum Gasteiger partial charge on any atom is -0.484 e. The zero-order valence-electron chi connectivity index (χ0n) is 12.6. The molecule has 0 saturated carbocycles. The molecule has 11 heteroatoms. The highest BCUT2D eigenvalue weighted by atomic mass is 35.5. The van der Waals surface area contributed by atoms with Crippen LogP contribution in [0.5, 0.6) is 5.75 Å². The second-order valence-corrected chi connectivity index (χ2v) is 4.86. The molecular formula is C13H17ClF3N3O4. The van der Waals surface area contributed by atoms with Crippen molar-refractivity contribution >= 4 is 24.0 Å². The lowest BCUT2D eigenvalue weighted by Gasteiger charge is -2.11. The lowest BCUT2D eigenvalue weighted by Crippen LogP contribution is -2.29. The number of ether oxygens (including phenoxy) is 1. The molecule has 0 aliphatic carbocycles. The highest BCUT2D eigenvalue weighted by Gasteiger charge is 2.29. The molecule has 24 heavy (non-hydrogen) atoms. The molecule has 0 saturated heterocycles. The van der Waals surface area contributed by atoms with Gasteiger partial charge in [-0.1, -0.05) is 0 Å². The van der Waals surface area contributed by atoms with E-state index in [1.807, 2.05) is 0 Å². The Balaban J connectivity index is 0.00000529. The predicted octanol–water partition coefficient (Wildman–Crippen LogP) is 2.42. The molecule has 3 N–H and O–H groups in total. The maximum absolute atomic E-state index is 12.1. The highest BCUT2D eigenvalue weighted by Crippen LogP contribution is 2.25. The first-order valence-electron chi connectivity index (χ1n) is 6.62. The average Bonchev–Trinajstić information content (AvgIpc) is 2.43. The van der Waals surface area contributed by atoms with Crippen molar-refractivity contribution in [3.8, 4) is 5.75 Å². The van der Waals surface area contributed by atoms with E-state index in [9.17, 15) is 28.1 Å². The molecule has 0 spiro atoms. The number of nitrogens with one attached hydrogen (secondary N) is 1. The van der Waals surface area contributed by atoms with Crippen LogP contribution in [0.15, 0.2) is 18.2 Å². The summed E-state index contributed by atoms with van der Waals surface area (Å²) in [5, 5.41) is 13.3. The van der Waals surface area contributed by atoms with E-state index in [2.05, 4.69) is 10.1 Å². The summed E-state index contributed by atoms with van der Waals surface area (Å²) in [5.41, 5.74) is 4.61. The Morgan fingerprint density at radius 1 is 1.46 bits per heavy atom. The number of hydrogen-bond acceptors (Lipinski definition) is 5. The summed E-state index contributed by atoms with van der Waals surface area (Å²) in [4.78, 5) is 22.1. The summed E-state index contributed by atoms with van der Waals surface area (Å²) in [7, 11) is 0. The Morgan fingerprint density at radius 2 is 2.08 bits per heavy atom. The molecule has 0 fully saturated rings. The predicted molar refractivity (Wildman–Crippen MR) is 82.5 cm³/mol. The van der Waals surface area contributed by atoms with E-state index < -0.39 is 29.3 Å². The molecule has 0 aliphatic rings. The topological polar surface area (TPSA) is 107 Å². The Labute approximate surface area is 141 Å². The summed E-state index contributed by atoms with van der Waals surface area (Å²) in [6, 6.07) is 2.66. The van der Waals surface area contributed by atoms with Crippen molar-refractivity contribution < 1.29 is 27.6 Å². The van der Waals surface area contributed by atoms with Gasteiger partial charge >= 0.3 is 6.18 Å². The SMILES string of the molecule is CC(N)CCNC(=O)c1cc(OCC(F)(F)F)ccc1[N+](=O)[O-].Cl. The average molecular weight is 372 g/mol. The minimum atomic E-state index is -4.55. The zero-order valence-corrected chi connectivity index (χ0v) is 13.4. The van der Waals surface area contributed by atoms with Crippen molar-refractivity contribution in [2.75, 3.05) is 13.2 Å². The van der Waals surface area contributed by atoms with E-state index in [0.29, 0.717) is 6.42 Å². The van der Waals surface area contributed by atoms with E-state index >= 15 is 0 Å². The number of nitro benzene ring substituents is 1. The monoisotopic (exact) mass is 371 g/mol. The number of carbonyl (C=O) groups excluding carboxylic acids is 1. The van der Waals surface area contributed by atoms with Crippen LogP contribution in [-0.2, 0) is 0 Å². The van der Waals surface area contributed by atoms with Crippen molar-refractivity contribution in [2.24, 2.45) is 5.73 Å². The van der Waals surface area contributed by atoms with Crippen LogP contribution >= 0.6 is 12.4 Å². The van der Waals surface area contributed by atoms with Gasteiger partial charge in [-0.25, -0.2) is 0 Å². The maximum Gasteiger partial charge on any atom is 0.422 e. The number of hydrogen-bond donors (Lipinski definition) is 2. The maximum atomic E-state index is 12.1. The van der Waals surface area contributed by atoms with Gasteiger partial charge in [-0.05, 0) is 25.5 Å². The van der Waals surface area contributed by atoms with E-state index in [1.54, 1.807) is 6.92 Å². The third-order valence-electron chi connectivity index (χ3n) is 2.70. The van der Waals surface area contributed by atoms with E-state index in [1.165, 1.54) is 0 Å². The lowest BCUT2D eigenvalue weighted by atomic mass is 10.1. The molecule has 0 heterocycles. The van der Waals surface area contributed by atoms with Gasteiger partial charge in [-0.3, -0.25) is 14.9 Å². The zero-order chi connectivity index (χ0) is 17.6. The van der Waals surface area contributed by atoms with Crippen LogP contribution in [0.3, 0.4) is 0 Å². The van der Waals surface area contributed by atoms with Crippen LogP contribution < -0.4 is 15.8 Å². The molecule has 1 unspecified atom stereocenters. The molecular weight excluding hydrogens is 355 g/mol. The highest BCUT2D eigenvalue weighted by molar-refractivity contribution is 5.98. The number of rotatable bonds is 7. The van der Waals surface area contributed by atoms with E-state index in [4.69, 9.17) is 5.73 Å². The largest absolute Gasteiger partial charge is 0.484 e. The first-order chi connectivity index (χ1) is 10.6. The molecule has 0 aromatic heterocycles. The molecule has 7 nitrogen and oxygen atoms in total. The molecule has 1 atom stereocenters. The molecule has 1 amide bonds. The van der Waals surface area contributed by atoms with Gasteiger partial charge in [0.25, 0.3) is 11.6 Å². The van der Waals surface area contributed by atoms with Crippen molar-refractivity contribution in [1.82, 2.24) is 5.32 Å². The number of halogens is 4. The number of nitrogens with two attached hydrogens (primary N) is 1. The molecule has 0 radical (unpaired) electrons. The first kappa shape index (κ1) is 21.9. The van der Waals surface area contributed by atoms with Crippen LogP contribution in [0.2, 0.25) is 0 Å². The number of nitro groups is 1. The fraction of sp³-hybridized carbons (Fsp3) is 0.462. The minimum absolute atomic E-state index is 0. The molecule has 1 rings (SSSR count). The Hall–Kier alpha value is -2.07.